The first-order valence-electron chi connectivity index (χ1n) is 6.57. The number of sulfonamides is 1. The highest BCUT2D eigenvalue weighted by molar-refractivity contribution is 7.89. The maximum Gasteiger partial charge on any atom is 0.241 e. The minimum atomic E-state index is -3.64. The second kappa shape index (κ2) is 6.38. The van der Waals surface area contributed by atoms with Gasteiger partial charge in [0.2, 0.25) is 15.9 Å². The molecule has 21 heavy (non-hydrogen) atoms. The zero-order chi connectivity index (χ0) is 15.5. The number of aromatic nitrogens is 1. The van der Waals surface area contributed by atoms with Crippen LogP contribution >= 0.6 is 0 Å². The van der Waals surface area contributed by atoms with Gasteiger partial charge in [-0.1, -0.05) is 12.1 Å². The number of aryl methyl sites for hydroxylation is 1. The van der Waals surface area contributed by atoms with E-state index in [0.29, 0.717) is 18.1 Å². The Bertz CT molecular complexity index is 692. The number of hydrogen-bond donors (Lipinski definition) is 2. The smallest absolute Gasteiger partial charge is 0.241 e. The van der Waals surface area contributed by atoms with Gasteiger partial charge in [0.05, 0.1) is 17.1 Å². The Morgan fingerprint density at radius 2 is 2.00 bits per heavy atom. The molecule has 0 bridgehead atoms. The van der Waals surface area contributed by atoms with Gasteiger partial charge in [0, 0.05) is 6.61 Å². The molecule has 0 saturated carbocycles. The molecule has 0 saturated heterocycles. The molecule has 1 heterocycles. The Hall–Kier alpha value is -1.70. The van der Waals surface area contributed by atoms with Crippen LogP contribution < -0.4 is 4.72 Å². The number of rotatable bonds is 6. The third-order valence-corrected chi connectivity index (χ3v) is 4.53. The second-order valence-electron chi connectivity index (χ2n) is 4.77. The Labute approximate surface area is 123 Å². The van der Waals surface area contributed by atoms with Crippen LogP contribution in [0.25, 0.3) is 0 Å². The van der Waals surface area contributed by atoms with Crippen molar-refractivity contribution >= 4 is 10.0 Å². The zero-order valence-electron chi connectivity index (χ0n) is 11.9. The number of hydrogen-bond acceptors (Lipinski definition) is 5. The van der Waals surface area contributed by atoms with Gasteiger partial charge in [-0.3, -0.25) is 0 Å². The van der Waals surface area contributed by atoms with E-state index in [-0.39, 0.29) is 11.5 Å². The summed E-state index contributed by atoms with van der Waals surface area (Å²) < 4.78 is 32.4. The molecule has 1 unspecified atom stereocenters. The van der Waals surface area contributed by atoms with Gasteiger partial charge in [-0.2, -0.15) is 4.72 Å². The number of aliphatic hydroxyl groups is 1. The van der Waals surface area contributed by atoms with Crippen LogP contribution in [0.4, 0.5) is 0 Å². The van der Waals surface area contributed by atoms with E-state index in [4.69, 9.17) is 9.52 Å². The molecule has 1 atom stereocenters. The molecule has 7 heteroatoms. The van der Waals surface area contributed by atoms with Crippen LogP contribution in [0.5, 0.6) is 0 Å². The summed E-state index contributed by atoms with van der Waals surface area (Å²) in [6.07, 6.45) is 2.05. The summed E-state index contributed by atoms with van der Waals surface area (Å²) in [5, 5.41) is 8.85. The molecule has 0 aliphatic heterocycles. The van der Waals surface area contributed by atoms with Gasteiger partial charge in [0.25, 0.3) is 0 Å². The molecule has 2 aromatic rings. The van der Waals surface area contributed by atoms with Crippen molar-refractivity contribution in [3.8, 4) is 0 Å². The zero-order valence-corrected chi connectivity index (χ0v) is 12.7. The minimum Gasteiger partial charge on any atom is -0.444 e. The molecule has 114 valence electrons. The molecule has 0 spiro atoms. The van der Waals surface area contributed by atoms with Gasteiger partial charge < -0.3 is 9.52 Å². The second-order valence-corrected chi connectivity index (χ2v) is 6.48. The lowest BCUT2D eigenvalue weighted by atomic mass is 10.2. The molecule has 2 N–H and O–H groups in total. The van der Waals surface area contributed by atoms with Crippen LogP contribution in [0, 0.1) is 6.92 Å². The van der Waals surface area contributed by atoms with Crippen molar-refractivity contribution in [2.24, 2.45) is 0 Å². The van der Waals surface area contributed by atoms with E-state index in [1.165, 1.54) is 12.1 Å². The lowest BCUT2D eigenvalue weighted by Crippen LogP contribution is -2.27. The first kappa shape index (κ1) is 15.7. The lowest BCUT2D eigenvalue weighted by Gasteiger charge is -2.11. The van der Waals surface area contributed by atoms with E-state index in [0.717, 1.165) is 5.56 Å². The normalized spacial score (nSPS) is 13.3. The standard InChI is InChI=1S/C14H18N2O4S/c1-10-9-15-14(20-10)11(2)16-21(18,19)13-5-3-12(4-6-13)7-8-17/h3-6,9,11,16-17H,7-8H2,1-2H3. The Morgan fingerprint density at radius 3 is 2.52 bits per heavy atom. The van der Waals surface area contributed by atoms with E-state index >= 15 is 0 Å². The van der Waals surface area contributed by atoms with E-state index in [2.05, 4.69) is 9.71 Å². The van der Waals surface area contributed by atoms with Crippen LogP contribution in [-0.2, 0) is 16.4 Å². The van der Waals surface area contributed by atoms with Crippen molar-refractivity contribution in [3.63, 3.8) is 0 Å². The minimum absolute atomic E-state index is 0.0326. The molecule has 6 nitrogen and oxygen atoms in total. The SMILES string of the molecule is Cc1cnc(C(C)NS(=O)(=O)c2ccc(CCO)cc2)o1. The predicted molar refractivity (Wildman–Crippen MR) is 77.2 cm³/mol. The fourth-order valence-electron chi connectivity index (χ4n) is 1.89. The summed E-state index contributed by atoms with van der Waals surface area (Å²) in [6.45, 7) is 3.45. The van der Waals surface area contributed by atoms with Crippen molar-refractivity contribution in [3.05, 3.63) is 47.7 Å². The van der Waals surface area contributed by atoms with Crippen LogP contribution in [0.2, 0.25) is 0 Å². The van der Waals surface area contributed by atoms with Gasteiger partial charge >= 0.3 is 0 Å². The van der Waals surface area contributed by atoms with Crippen LogP contribution in [0.15, 0.2) is 39.8 Å². The van der Waals surface area contributed by atoms with Gasteiger partial charge in [-0.15, -0.1) is 0 Å². The summed E-state index contributed by atoms with van der Waals surface area (Å²) in [6, 6.07) is 5.85. The highest BCUT2D eigenvalue weighted by atomic mass is 32.2. The average molecular weight is 310 g/mol. The van der Waals surface area contributed by atoms with Crippen molar-refractivity contribution in [2.75, 3.05) is 6.61 Å². The molecule has 0 radical (unpaired) electrons. The third-order valence-electron chi connectivity index (χ3n) is 2.98. The quantitative estimate of drug-likeness (QED) is 0.844. The Morgan fingerprint density at radius 1 is 1.33 bits per heavy atom. The molecule has 2 rings (SSSR count). The summed E-state index contributed by atoms with van der Waals surface area (Å²) >= 11 is 0. The van der Waals surface area contributed by atoms with Crippen molar-refractivity contribution in [1.82, 2.24) is 9.71 Å². The van der Waals surface area contributed by atoms with E-state index < -0.39 is 16.1 Å². The van der Waals surface area contributed by atoms with E-state index in [1.54, 1.807) is 32.2 Å². The largest absolute Gasteiger partial charge is 0.444 e. The van der Waals surface area contributed by atoms with Crippen LogP contribution in [-0.4, -0.2) is 25.1 Å². The molecular formula is C14H18N2O4S. The maximum absolute atomic E-state index is 12.3. The molecular weight excluding hydrogens is 292 g/mol. The van der Waals surface area contributed by atoms with E-state index in [1.807, 2.05) is 0 Å². The monoisotopic (exact) mass is 310 g/mol. The summed E-state index contributed by atoms with van der Waals surface area (Å²) in [4.78, 5) is 4.18. The molecule has 0 aliphatic carbocycles. The molecule has 0 amide bonds. The molecule has 1 aromatic heterocycles. The van der Waals surface area contributed by atoms with Crippen LogP contribution in [0.3, 0.4) is 0 Å². The first-order chi connectivity index (χ1) is 9.92. The number of oxazole rings is 1. The number of nitrogens with one attached hydrogen (secondary N) is 1. The van der Waals surface area contributed by atoms with Gasteiger partial charge in [-0.05, 0) is 38.0 Å². The fourth-order valence-corrected chi connectivity index (χ4v) is 3.08. The fraction of sp³-hybridized carbons (Fsp3) is 0.357. The lowest BCUT2D eigenvalue weighted by molar-refractivity contribution is 0.299. The Kier molecular flexibility index (Phi) is 4.76. The number of aliphatic hydroxyl groups excluding tert-OH is 1. The molecule has 1 aromatic carbocycles. The summed E-state index contributed by atoms with van der Waals surface area (Å²) in [7, 11) is -3.64. The topological polar surface area (TPSA) is 92.4 Å². The number of benzene rings is 1. The predicted octanol–water partition coefficient (Wildman–Crippen LogP) is 1.56. The molecule has 0 aliphatic rings. The third kappa shape index (κ3) is 3.90. The van der Waals surface area contributed by atoms with Crippen LogP contribution in [0.1, 0.15) is 30.2 Å². The average Bonchev–Trinajstić information content (AvgIpc) is 2.86. The van der Waals surface area contributed by atoms with Crippen molar-refractivity contribution in [2.45, 2.75) is 31.2 Å². The highest BCUT2D eigenvalue weighted by Gasteiger charge is 2.21. The maximum atomic E-state index is 12.3. The highest BCUT2D eigenvalue weighted by Crippen LogP contribution is 2.17. The van der Waals surface area contributed by atoms with E-state index in [9.17, 15) is 8.42 Å². The van der Waals surface area contributed by atoms with Crippen molar-refractivity contribution in [1.29, 1.82) is 0 Å². The molecule has 0 fully saturated rings. The van der Waals surface area contributed by atoms with Gasteiger partial charge in [-0.25, -0.2) is 13.4 Å². The summed E-state index contributed by atoms with van der Waals surface area (Å²) in [5.74, 6) is 0.956. The van der Waals surface area contributed by atoms with Gasteiger partial charge in [0.1, 0.15) is 5.76 Å². The van der Waals surface area contributed by atoms with Gasteiger partial charge in [0.15, 0.2) is 0 Å². The first-order valence-corrected chi connectivity index (χ1v) is 8.05. The Balaban J connectivity index is 2.14. The number of nitrogens with zero attached hydrogens (tertiary/aromatic N) is 1. The van der Waals surface area contributed by atoms with Crippen molar-refractivity contribution < 1.29 is 17.9 Å². The summed E-state index contributed by atoms with van der Waals surface area (Å²) in [5.41, 5.74) is 0.882.